The lowest BCUT2D eigenvalue weighted by Gasteiger charge is -2.17. The first kappa shape index (κ1) is 30.3. The lowest BCUT2D eigenvalue weighted by atomic mass is 10.0. The molecule has 0 radical (unpaired) electrons. The third-order valence-electron chi connectivity index (χ3n) is 6.17. The number of fused-ring (bicyclic) bond motifs is 1. The molecule has 0 saturated carbocycles. The van der Waals surface area contributed by atoms with Crippen molar-refractivity contribution in [1.82, 2.24) is 9.88 Å². The van der Waals surface area contributed by atoms with Crippen molar-refractivity contribution < 1.29 is 37.1 Å². The van der Waals surface area contributed by atoms with Crippen molar-refractivity contribution in [3.05, 3.63) is 99.2 Å². The van der Waals surface area contributed by atoms with E-state index in [0.717, 1.165) is 39.8 Å². The van der Waals surface area contributed by atoms with E-state index in [1.165, 1.54) is 7.11 Å². The first-order chi connectivity index (χ1) is 20.1. The van der Waals surface area contributed by atoms with Crippen LogP contribution in [0.4, 0.5) is 13.2 Å². The number of nitrogens with zero attached hydrogens (tertiary/aromatic N) is 2. The van der Waals surface area contributed by atoms with Crippen LogP contribution in [0.3, 0.4) is 0 Å². The number of ether oxygens (including phenoxy) is 2. The predicted octanol–water partition coefficient (Wildman–Crippen LogP) is 4.30. The van der Waals surface area contributed by atoms with Gasteiger partial charge in [-0.05, 0) is 29.8 Å². The van der Waals surface area contributed by atoms with Gasteiger partial charge in [0.15, 0.2) is 0 Å². The van der Waals surface area contributed by atoms with E-state index >= 15 is 0 Å². The zero-order chi connectivity index (χ0) is 30.3. The van der Waals surface area contributed by atoms with E-state index in [2.05, 4.69) is 9.89 Å². The summed E-state index contributed by atoms with van der Waals surface area (Å²) in [4.78, 5) is 40.8. The molecule has 1 amide bonds. The summed E-state index contributed by atoms with van der Waals surface area (Å²) in [6, 6.07) is 19.9. The molecule has 13 heteroatoms. The van der Waals surface area contributed by atoms with Crippen molar-refractivity contribution in [3.8, 4) is 5.75 Å². The second kappa shape index (κ2) is 13.3. The Bertz CT molecular complexity index is 1630. The Kier molecular flexibility index (Phi) is 9.63. The lowest BCUT2D eigenvalue weighted by molar-refractivity contribution is -0.175. The number of benzene rings is 3. The van der Waals surface area contributed by atoms with Crippen LogP contribution in [0.5, 0.6) is 5.75 Å². The molecule has 1 heterocycles. The van der Waals surface area contributed by atoms with Crippen LogP contribution in [0.2, 0.25) is 0 Å². The Morgan fingerprint density at radius 2 is 1.71 bits per heavy atom. The zero-order valence-electron chi connectivity index (χ0n) is 22.5. The maximum absolute atomic E-state index is 12.8. The van der Waals surface area contributed by atoms with Crippen LogP contribution in [-0.4, -0.2) is 55.2 Å². The zero-order valence-corrected chi connectivity index (χ0v) is 23.3. The van der Waals surface area contributed by atoms with Crippen molar-refractivity contribution in [2.45, 2.75) is 25.2 Å². The highest BCUT2D eigenvalue weighted by atomic mass is 32.1. The summed E-state index contributed by atoms with van der Waals surface area (Å²) >= 11 is 1.11. The van der Waals surface area contributed by atoms with Gasteiger partial charge in [-0.2, -0.15) is 13.2 Å². The highest BCUT2D eigenvalue weighted by Gasteiger charge is 2.41. The summed E-state index contributed by atoms with van der Waals surface area (Å²) < 4.78 is 50.6. The molecule has 0 saturated heterocycles. The van der Waals surface area contributed by atoms with Gasteiger partial charge >= 0.3 is 22.9 Å². The first-order valence-electron chi connectivity index (χ1n) is 12.6. The van der Waals surface area contributed by atoms with Crippen LogP contribution < -0.4 is 14.9 Å². The van der Waals surface area contributed by atoms with E-state index < -0.39 is 24.1 Å². The van der Waals surface area contributed by atoms with Crippen molar-refractivity contribution in [1.29, 1.82) is 0 Å². The minimum atomic E-state index is -5.13. The number of carbonyl (C=O) groups excluding carboxylic acids is 2. The summed E-state index contributed by atoms with van der Waals surface area (Å²) in [5, 5.41) is 5.82. The van der Waals surface area contributed by atoms with Crippen molar-refractivity contribution in [2.24, 2.45) is 5.16 Å². The fraction of sp³-hybridized carbons (Fsp3) is 0.241. The number of thiazole rings is 1. The maximum Gasteiger partial charge on any atom is 0.471 e. The average molecular weight is 602 g/mol. The molecule has 0 aliphatic rings. The smallest absolute Gasteiger partial charge is 0.471 e. The standard InChI is InChI=1S/C29H26F3N3O6S/c1-39-26(36)22(33-27(37)29(30,31)32)16-18-8-11-21(12-9-18)41-15-14-35-23-13-10-20(17-24(23)42-28(35)38)25(34-40-2)19-6-4-3-5-7-19/h3-13,17,22H,14-16H2,1-2H3,(H,33,37)/b34-25+. The summed E-state index contributed by atoms with van der Waals surface area (Å²) in [7, 11) is 2.49. The maximum atomic E-state index is 12.8. The lowest BCUT2D eigenvalue weighted by Crippen LogP contribution is -2.48. The minimum absolute atomic E-state index is 0.152. The van der Waals surface area contributed by atoms with Gasteiger partial charge in [-0.1, -0.05) is 65.0 Å². The quantitative estimate of drug-likeness (QED) is 0.156. The number of hydrogen-bond acceptors (Lipinski definition) is 8. The highest BCUT2D eigenvalue weighted by molar-refractivity contribution is 7.16. The van der Waals surface area contributed by atoms with Crippen LogP contribution in [0.1, 0.15) is 16.7 Å². The number of hydrogen-bond donors (Lipinski definition) is 1. The number of esters is 1. The molecule has 0 aliphatic heterocycles. The van der Waals surface area contributed by atoms with E-state index in [1.807, 2.05) is 48.5 Å². The van der Waals surface area contributed by atoms with E-state index in [1.54, 1.807) is 34.1 Å². The fourth-order valence-electron chi connectivity index (χ4n) is 4.17. The molecule has 0 bridgehead atoms. The van der Waals surface area contributed by atoms with E-state index in [9.17, 15) is 27.6 Å². The molecule has 1 atom stereocenters. The minimum Gasteiger partial charge on any atom is -0.492 e. The van der Waals surface area contributed by atoms with Gasteiger partial charge in [0.05, 0.1) is 23.9 Å². The molecule has 1 N–H and O–H groups in total. The Morgan fingerprint density at radius 1 is 1.00 bits per heavy atom. The number of rotatable bonds is 11. The van der Waals surface area contributed by atoms with Crippen LogP contribution >= 0.6 is 11.3 Å². The van der Waals surface area contributed by atoms with Crippen LogP contribution in [0.15, 0.2) is 82.7 Å². The summed E-state index contributed by atoms with van der Waals surface area (Å²) in [5.74, 6) is -2.79. The van der Waals surface area contributed by atoms with Crippen molar-refractivity contribution in [3.63, 3.8) is 0 Å². The molecule has 1 unspecified atom stereocenters. The largest absolute Gasteiger partial charge is 0.492 e. The van der Waals surface area contributed by atoms with Crippen molar-refractivity contribution >= 4 is 39.1 Å². The Balaban J connectivity index is 1.41. The third-order valence-corrected chi connectivity index (χ3v) is 7.11. The molecule has 3 aromatic carbocycles. The predicted molar refractivity (Wildman–Crippen MR) is 151 cm³/mol. The second-order valence-corrected chi connectivity index (χ2v) is 9.93. The number of alkyl halides is 3. The summed E-state index contributed by atoms with van der Waals surface area (Å²) in [6.45, 7) is 0.436. The molecule has 42 heavy (non-hydrogen) atoms. The SMILES string of the molecule is CO/N=C(\c1ccccc1)c1ccc2c(c1)sc(=O)n2CCOc1ccc(CC(NC(=O)C(F)(F)F)C(=O)OC)cc1. The topological polar surface area (TPSA) is 108 Å². The molecular formula is C29H26F3N3O6S. The van der Waals surface area contributed by atoms with Crippen LogP contribution in [-0.2, 0) is 32.1 Å². The molecular weight excluding hydrogens is 575 g/mol. The number of halogens is 3. The van der Waals surface area contributed by atoms with Gasteiger partial charge in [0.1, 0.15) is 31.2 Å². The van der Waals surface area contributed by atoms with Crippen LogP contribution in [0, 0.1) is 0 Å². The Hall–Kier alpha value is -4.65. The number of carbonyl (C=O) groups is 2. The van der Waals surface area contributed by atoms with Gasteiger partial charge in [-0.15, -0.1) is 0 Å². The van der Waals surface area contributed by atoms with E-state index in [-0.39, 0.29) is 24.4 Å². The summed E-state index contributed by atoms with van der Waals surface area (Å²) in [5.41, 5.74) is 3.53. The molecule has 0 spiro atoms. The van der Waals surface area contributed by atoms with Gasteiger partial charge in [-0.25, -0.2) is 4.79 Å². The molecule has 9 nitrogen and oxygen atoms in total. The monoisotopic (exact) mass is 601 g/mol. The molecule has 0 aliphatic carbocycles. The number of oxime groups is 1. The van der Waals surface area contributed by atoms with Gasteiger partial charge in [0.25, 0.3) is 0 Å². The number of aromatic nitrogens is 1. The first-order valence-corrected chi connectivity index (χ1v) is 13.4. The molecule has 4 rings (SSSR count). The van der Waals surface area contributed by atoms with Gasteiger partial charge in [-0.3, -0.25) is 14.2 Å². The Morgan fingerprint density at radius 3 is 2.36 bits per heavy atom. The van der Waals surface area contributed by atoms with Gasteiger partial charge in [0.2, 0.25) is 0 Å². The fourth-order valence-corrected chi connectivity index (χ4v) is 5.13. The molecule has 220 valence electrons. The van der Waals surface area contributed by atoms with Gasteiger partial charge < -0.3 is 19.6 Å². The molecule has 0 fully saturated rings. The number of nitrogens with one attached hydrogen (secondary N) is 1. The van der Waals surface area contributed by atoms with E-state index in [4.69, 9.17) is 9.57 Å². The average Bonchev–Trinajstić information content (AvgIpc) is 3.29. The van der Waals surface area contributed by atoms with E-state index in [0.29, 0.717) is 17.0 Å². The normalized spacial score (nSPS) is 12.5. The third kappa shape index (κ3) is 7.35. The molecule has 4 aromatic rings. The molecule has 1 aromatic heterocycles. The second-order valence-electron chi connectivity index (χ2n) is 8.93. The van der Waals surface area contributed by atoms with Crippen molar-refractivity contribution in [2.75, 3.05) is 20.8 Å². The van der Waals surface area contributed by atoms with Gasteiger partial charge in [0, 0.05) is 17.5 Å². The van der Waals surface area contributed by atoms with Crippen LogP contribution in [0.25, 0.3) is 10.2 Å². The summed E-state index contributed by atoms with van der Waals surface area (Å²) in [6.07, 6.45) is -5.35. The number of amides is 1. The highest BCUT2D eigenvalue weighted by Crippen LogP contribution is 2.22. The Labute approximate surface area is 242 Å². The number of methoxy groups -OCH3 is 1.